The minimum Gasteiger partial charge on any atom is -0.272 e. The highest BCUT2D eigenvalue weighted by Gasteiger charge is 2.34. The Labute approximate surface area is 132 Å². The molecule has 120 valence electrons. The molecule has 1 N–H and O–H groups in total. The van der Waals surface area contributed by atoms with Crippen LogP contribution in [0.2, 0.25) is 0 Å². The van der Waals surface area contributed by atoms with E-state index in [2.05, 4.69) is 10.5 Å². The van der Waals surface area contributed by atoms with Crippen LogP contribution in [0, 0.1) is 26.1 Å². The zero-order valence-corrected chi connectivity index (χ0v) is 12.4. The summed E-state index contributed by atoms with van der Waals surface area (Å²) in [5.41, 5.74) is 5.31. The second-order valence-electron chi connectivity index (χ2n) is 5.75. The minimum absolute atomic E-state index is 0.143. The van der Waals surface area contributed by atoms with Crippen molar-refractivity contribution in [2.75, 3.05) is 5.43 Å². The van der Waals surface area contributed by atoms with Crippen LogP contribution in [0.5, 0.6) is 0 Å². The van der Waals surface area contributed by atoms with Crippen molar-refractivity contribution in [1.29, 1.82) is 0 Å². The molecule has 2 fully saturated rings. The van der Waals surface area contributed by atoms with Gasteiger partial charge in [-0.2, -0.15) is 5.10 Å². The molecule has 8 heteroatoms. The van der Waals surface area contributed by atoms with Crippen LogP contribution in [0.3, 0.4) is 0 Å². The lowest BCUT2D eigenvalue weighted by Crippen LogP contribution is -1.98. The van der Waals surface area contributed by atoms with Crippen molar-refractivity contribution in [2.45, 2.75) is 32.1 Å². The second kappa shape index (κ2) is 6.15. The Kier molecular flexibility index (Phi) is 4.05. The lowest BCUT2D eigenvalue weighted by molar-refractivity contribution is -0.393. The number of hydrogen-bond acceptors (Lipinski definition) is 6. The monoisotopic (exact) mass is 316 g/mol. The number of nitrogens with one attached hydrogen (secondary N) is 1. The van der Waals surface area contributed by atoms with Crippen molar-refractivity contribution in [1.82, 2.24) is 0 Å². The fourth-order valence-corrected chi connectivity index (χ4v) is 2.63. The number of anilines is 1. The molecule has 2 aliphatic carbocycles. The first kappa shape index (κ1) is 15.1. The zero-order chi connectivity index (χ0) is 16.4. The Morgan fingerprint density at radius 1 is 1.26 bits per heavy atom. The van der Waals surface area contributed by atoms with E-state index in [1.54, 1.807) is 17.4 Å². The Balaban J connectivity index is 1.54. The lowest BCUT2D eigenvalue weighted by atomic mass is 10.2. The number of hydrogen-bond donors (Lipinski definition) is 1. The fraction of sp³-hybridized carbons (Fsp3) is 0.400. The summed E-state index contributed by atoms with van der Waals surface area (Å²) in [7, 11) is 0. The van der Waals surface area contributed by atoms with Crippen LogP contribution in [0.25, 0.3) is 0 Å². The first-order chi connectivity index (χ1) is 11.1. The molecule has 3 rings (SSSR count). The molecule has 1 unspecified atom stereocenters. The van der Waals surface area contributed by atoms with Crippen molar-refractivity contribution >= 4 is 23.3 Å². The van der Waals surface area contributed by atoms with E-state index in [1.807, 2.05) is 0 Å². The number of benzene rings is 1. The maximum absolute atomic E-state index is 11.0. The number of non-ortho nitro benzene ring substituents is 1. The highest BCUT2D eigenvalue weighted by Crippen LogP contribution is 2.50. The minimum atomic E-state index is -0.665. The van der Waals surface area contributed by atoms with Gasteiger partial charge in [0.05, 0.1) is 15.9 Å². The molecule has 23 heavy (non-hydrogen) atoms. The zero-order valence-electron chi connectivity index (χ0n) is 12.4. The van der Waals surface area contributed by atoms with Gasteiger partial charge >= 0.3 is 5.69 Å². The number of hydrazone groups is 1. The van der Waals surface area contributed by atoms with Crippen molar-refractivity contribution < 1.29 is 9.85 Å². The summed E-state index contributed by atoms with van der Waals surface area (Å²) in [6.07, 6.45) is 7.29. The van der Waals surface area contributed by atoms with Gasteiger partial charge in [-0.25, -0.2) is 0 Å². The first-order valence-electron chi connectivity index (χ1n) is 7.47. The van der Waals surface area contributed by atoms with Crippen LogP contribution in [0.4, 0.5) is 17.1 Å². The summed E-state index contributed by atoms with van der Waals surface area (Å²) in [4.78, 5) is 20.3. The van der Waals surface area contributed by atoms with Gasteiger partial charge in [0.2, 0.25) is 0 Å². The van der Waals surface area contributed by atoms with Gasteiger partial charge in [-0.05, 0) is 44.1 Å². The molecule has 1 aromatic rings. The molecule has 0 aromatic heterocycles. The number of allylic oxidation sites excluding steroid dienone is 2. The van der Waals surface area contributed by atoms with E-state index in [9.17, 15) is 20.2 Å². The first-order valence-corrected chi connectivity index (χ1v) is 7.47. The third-order valence-electron chi connectivity index (χ3n) is 4.06. The van der Waals surface area contributed by atoms with Gasteiger partial charge in [0.15, 0.2) is 0 Å². The van der Waals surface area contributed by atoms with Crippen LogP contribution < -0.4 is 5.43 Å². The Morgan fingerprint density at radius 2 is 2.04 bits per heavy atom. The molecule has 1 aromatic carbocycles. The van der Waals surface area contributed by atoms with Crippen LogP contribution in [0.15, 0.2) is 34.4 Å². The maximum Gasteiger partial charge on any atom is 0.301 e. The third-order valence-corrected chi connectivity index (χ3v) is 4.06. The number of nitrogens with zero attached hydrogens (tertiary/aromatic N) is 3. The van der Waals surface area contributed by atoms with E-state index in [4.69, 9.17) is 0 Å². The van der Waals surface area contributed by atoms with Crippen molar-refractivity contribution in [3.8, 4) is 0 Å². The van der Waals surface area contributed by atoms with Crippen LogP contribution >= 0.6 is 0 Å². The standard InChI is InChI=1S/C15H16N4O4/c20-18(21)12-5-6-14(15(9-12)19(22)23)17-16-7-1-2-11-8-13(11)10-3-4-10/h5-7,9,11,17H,1-4,8H2/b16-7+. The lowest BCUT2D eigenvalue weighted by Gasteiger charge is -2.01. The van der Waals surface area contributed by atoms with Gasteiger partial charge in [-0.3, -0.25) is 25.7 Å². The topological polar surface area (TPSA) is 111 Å². The third kappa shape index (κ3) is 3.71. The predicted octanol–water partition coefficient (Wildman–Crippen LogP) is 3.79. The summed E-state index contributed by atoms with van der Waals surface area (Å²) in [6, 6.07) is 3.43. The highest BCUT2D eigenvalue weighted by atomic mass is 16.6. The Hall–Kier alpha value is -2.77. The molecule has 0 spiro atoms. The van der Waals surface area contributed by atoms with Crippen LogP contribution in [-0.4, -0.2) is 16.1 Å². The number of nitro groups is 2. The van der Waals surface area contributed by atoms with Gasteiger partial charge in [0, 0.05) is 12.3 Å². The van der Waals surface area contributed by atoms with E-state index in [1.165, 1.54) is 31.4 Å². The molecule has 8 nitrogen and oxygen atoms in total. The number of rotatable bonds is 7. The van der Waals surface area contributed by atoms with E-state index >= 15 is 0 Å². The summed E-state index contributed by atoms with van der Waals surface area (Å²) < 4.78 is 0. The summed E-state index contributed by atoms with van der Waals surface area (Å²) in [5.74, 6) is 0.702. The molecular formula is C15H16N4O4. The summed E-state index contributed by atoms with van der Waals surface area (Å²) in [5, 5.41) is 25.6. The van der Waals surface area contributed by atoms with Crippen LogP contribution in [-0.2, 0) is 0 Å². The SMILES string of the molecule is O=[N+]([O-])c1ccc(N/N=C/CCC2CC2=C2CC2)c([N+](=O)[O-])c1. The van der Waals surface area contributed by atoms with Crippen molar-refractivity contribution in [2.24, 2.45) is 11.0 Å². The molecule has 0 saturated heterocycles. The van der Waals surface area contributed by atoms with E-state index in [-0.39, 0.29) is 17.1 Å². The van der Waals surface area contributed by atoms with Gasteiger partial charge < -0.3 is 0 Å². The van der Waals surface area contributed by atoms with E-state index in [0.717, 1.165) is 18.9 Å². The van der Waals surface area contributed by atoms with Gasteiger partial charge in [-0.1, -0.05) is 11.1 Å². The Bertz CT molecular complexity index is 720. The molecule has 2 aliphatic rings. The fourth-order valence-electron chi connectivity index (χ4n) is 2.63. The Morgan fingerprint density at radius 3 is 2.70 bits per heavy atom. The average Bonchev–Trinajstić information content (AvgIpc) is 3.39. The molecule has 0 aliphatic heterocycles. The molecular weight excluding hydrogens is 300 g/mol. The van der Waals surface area contributed by atoms with Gasteiger partial charge in [0.1, 0.15) is 5.69 Å². The summed E-state index contributed by atoms with van der Waals surface area (Å²) in [6.45, 7) is 0. The largest absolute Gasteiger partial charge is 0.301 e. The average molecular weight is 316 g/mol. The summed E-state index contributed by atoms with van der Waals surface area (Å²) >= 11 is 0. The molecule has 2 saturated carbocycles. The van der Waals surface area contributed by atoms with Gasteiger partial charge in [0.25, 0.3) is 5.69 Å². The van der Waals surface area contributed by atoms with Crippen LogP contribution in [0.1, 0.15) is 32.1 Å². The normalized spacial score (nSPS) is 19.0. The smallest absolute Gasteiger partial charge is 0.272 e. The van der Waals surface area contributed by atoms with E-state index < -0.39 is 9.85 Å². The quantitative estimate of drug-likeness (QED) is 0.356. The molecule has 0 bridgehead atoms. The molecule has 0 heterocycles. The second-order valence-corrected chi connectivity index (χ2v) is 5.75. The molecule has 0 radical (unpaired) electrons. The molecule has 0 amide bonds. The maximum atomic E-state index is 11.0. The molecule has 1 atom stereocenters. The number of nitro benzene ring substituents is 2. The van der Waals surface area contributed by atoms with E-state index in [0.29, 0.717) is 5.92 Å². The van der Waals surface area contributed by atoms with Crippen molar-refractivity contribution in [3.05, 3.63) is 49.6 Å². The predicted molar refractivity (Wildman–Crippen MR) is 85.5 cm³/mol. The van der Waals surface area contributed by atoms with Crippen molar-refractivity contribution in [3.63, 3.8) is 0 Å². The van der Waals surface area contributed by atoms with Gasteiger partial charge in [-0.15, -0.1) is 0 Å². The highest BCUT2D eigenvalue weighted by molar-refractivity contribution is 5.67.